The predicted molar refractivity (Wildman–Crippen MR) is 187 cm³/mol. The molecule has 1 saturated carbocycles. The van der Waals surface area contributed by atoms with Crippen LogP contribution in [0.4, 0.5) is 0 Å². The van der Waals surface area contributed by atoms with Crippen LogP contribution in [0.2, 0.25) is 0 Å². The molecule has 0 unspecified atom stereocenters. The Bertz CT molecular complexity index is 1980. The van der Waals surface area contributed by atoms with Crippen LogP contribution in [0.15, 0.2) is 128 Å². The van der Waals surface area contributed by atoms with E-state index in [-0.39, 0.29) is 0 Å². The molecule has 0 amide bonds. The third-order valence-electron chi connectivity index (χ3n) is 9.37. The minimum absolute atomic E-state index is 0.537. The molecule has 1 N–H and O–H groups in total. The maximum atomic E-state index is 8.24. The van der Waals surface area contributed by atoms with E-state index in [1.165, 1.54) is 92.2 Å². The Hall–Kier alpha value is -4.75. The van der Waals surface area contributed by atoms with Gasteiger partial charge in [0.1, 0.15) is 0 Å². The van der Waals surface area contributed by atoms with Crippen molar-refractivity contribution in [2.75, 3.05) is 0 Å². The van der Waals surface area contributed by atoms with Gasteiger partial charge in [-0.15, -0.1) is 0 Å². The molecule has 43 heavy (non-hydrogen) atoms. The number of rotatable bonds is 6. The molecule has 0 saturated heterocycles. The van der Waals surface area contributed by atoms with Crippen LogP contribution in [-0.4, -0.2) is 5.71 Å². The molecule has 0 aliphatic heterocycles. The van der Waals surface area contributed by atoms with E-state index in [0.29, 0.717) is 11.6 Å². The molecule has 0 atom stereocenters. The third kappa shape index (κ3) is 4.79. The smallest absolute Gasteiger partial charge is 0.0361 e. The molecule has 0 aromatic heterocycles. The summed E-state index contributed by atoms with van der Waals surface area (Å²) in [6.45, 7) is 5.68. The largest absolute Gasteiger partial charge is 0.305 e. The zero-order chi connectivity index (χ0) is 29.3. The summed E-state index contributed by atoms with van der Waals surface area (Å²) < 4.78 is 0. The Labute approximate surface area is 254 Å². The molecule has 0 bridgehead atoms. The molecule has 1 nitrogen and oxygen atoms in total. The minimum atomic E-state index is 0.537. The van der Waals surface area contributed by atoms with E-state index in [9.17, 15) is 0 Å². The van der Waals surface area contributed by atoms with Gasteiger partial charge < -0.3 is 5.41 Å². The summed E-state index contributed by atoms with van der Waals surface area (Å²) in [5.41, 5.74) is 9.05. The first-order chi connectivity index (χ1) is 21.2. The van der Waals surface area contributed by atoms with E-state index in [2.05, 4.69) is 116 Å². The van der Waals surface area contributed by atoms with Crippen molar-refractivity contribution in [1.82, 2.24) is 0 Å². The highest BCUT2D eigenvalue weighted by molar-refractivity contribution is 6.24. The molecule has 0 heterocycles. The van der Waals surface area contributed by atoms with Crippen LogP contribution in [0.5, 0.6) is 0 Å². The lowest BCUT2D eigenvalue weighted by molar-refractivity contribution is 0.445. The van der Waals surface area contributed by atoms with E-state index in [1.807, 2.05) is 13.0 Å². The van der Waals surface area contributed by atoms with E-state index in [1.54, 1.807) is 6.08 Å². The van der Waals surface area contributed by atoms with Gasteiger partial charge in [0.15, 0.2) is 0 Å². The first-order valence-corrected chi connectivity index (χ1v) is 15.6. The van der Waals surface area contributed by atoms with Gasteiger partial charge in [0.05, 0.1) is 0 Å². The molecule has 210 valence electrons. The highest BCUT2D eigenvalue weighted by Crippen LogP contribution is 2.46. The average molecular weight is 556 g/mol. The van der Waals surface area contributed by atoms with E-state index < -0.39 is 0 Å². The Morgan fingerprint density at radius 1 is 0.628 bits per heavy atom. The second kappa shape index (κ2) is 11.5. The molecular formula is C42H37N. The van der Waals surface area contributed by atoms with Crippen molar-refractivity contribution >= 4 is 43.6 Å². The minimum Gasteiger partial charge on any atom is -0.305 e. The van der Waals surface area contributed by atoms with Gasteiger partial charge in [-0.1, -0.05) is 147 Å². The summed E-state index contributed by atoms with van der Waals surface area (Å²) in [6.07, 6.45) is 10.3. The quantitative estimate of drug-likeness (QED) is 0.120. The van der Waals surface area contributed by atoms with Gasteiger partial charge in [-0.3, -0.25) is 0 Å². The fraction of sp³-hybridized carbons (Fsp3) is 0.167. The summed E-state index contributed by atoms with van der Waals surface area (Å²) in [6, 6.07) is 40.4. The van der Waals surface area contributed by atoms with Crippen LogP contribution in [-0.2, 0) is 0 Å². The number of hydrogen-bond acceptors (Lipinski definition) is 1. The molecule has 1 aliphatic carbocycles. The third-order valence-corrected chi connectivity index (χ3v) is 9.37. The number of hydrogen-bond donors (Lipinski definition) is 1. The second-order valence-electron chi connectivity index (χ2n) is 11.9. The molecule has 0 spiro atoms. The lowest BCUT2D eigenvalue weighted by Crippen LogP contribution is -2.05. The fourth-order valence-corrected chi connectivity index (χ4v) is 7.42. The summed E-state index contributed by atoms with van der Waals surface area (Å²) >= 11 is 0. The van der Waals surface area contributed by atoms with Crippen molar-refractivity contribution in [2.24, 2.45) is 0 Å². The monoisotopic (exact) mass is 555 g/mol. The van der Waals surface area contributed by atoms with E-state index in [0.717, 1.165) is 11.1 Å². The van der Waals surface area contributed by atoms with Crippen molar-refractivity contribution in [2.45, 2.75) is 44.9 Å². The van der Waals surface area contributed by atoms with Crippen LogP contribution in [0, 0.1) is 5.41 Å². The normalized spacial score (nSPS) is 14.4. The Balaban J connectivity index is 1.48. The van der Waals surface area contributed by atoms with E-state index in [4.69, 9.17) is 5.41 Å². The Morgan fingerprint density at radius 3 is 1.79 bits per heavy atom. The molecule has 7 rings (SSSR count). The van der Waals surface area contributed by atoms with Gasteiger partial charge in [-0.2, -0.15) is 0 Å². The number of fused-ring (bicyclic) bond motifs is 3. The molecule has 1 heteroatoms. The molecular weight excluding hydrogens is 518 g/mol. The molecule has 6 aromatic carbocycles. The number of benzene rings is 6. The van der Waals surface area contributed by atoms with Crippen molar-refractivity contribution < 1.29 is 0 Å². The lowest BCUT2D eigenvalue weighted by atomic mass is 9.80. The van der Waals surface area contributed by atoms with E-state index >= 15 is 0 Å². The lowest BCUT2D eigenvalue weighted by Gasteiger charge is -2.24. The molecule has 6 aromatic rings. The SMILES string of the molecule is C=C/C=C(\C(C)=N)c1ccc(-c2c3ccccc3c(-c3cccc4c(C5CCCCC5)cccc34)c3ccccc23)cc1. The van der Waals surface area contributed by atoms with Crippen LogP contribution in [0.3, 0.4) is 0 Å². The van der Waals surface area contributed by atoms with Crippen molar-refractivity contribution in [3.05, 3.63) is 139 Å². The highest BCUT2D eigenvalue weighted by atomic mass is 14.4. The first-order valence-electron chi connectivity index (χ1n) is 15.6. The fourth-order valence-electron chi connectivity index (χ4n) is 7.42. The summed E-state index contributed by atoms with van der Waals surface area (Å²) in [5, 5.41) is 16.1. The first kappa shape index (κ1) is 27.1. The second-order valence-corrected chi connectivity index (χ2v) is 11.9. The zero-order valence-corrected chi connectivity index (χ0v) is 24.9. The van der Waals surface area contributed by atoms with Gasteiger partial charge >= 0.3 is 0 Å². The maximum absolute atomic E-state index is 8.24. The summed E-state index contributed by atoms with van der Waals surface area (Å²) in [7, 11) is 0. The summed E-state index contributed by atoms with van der Waals surface area (Å²) in [5.74, 6) is 0.657. The Kier molecular flexibility index (Phi) is 7.25. The topological polar surface area (TPSA) is 23.9 Å². The average Bonchev–Trinajstić information content (AvgIpc) is 3.06. The van der Waals surface area contributed by atoms with Gasteiger partial charge in [0.25, 0.3) is 0 Å². The molecule has 1 aliphatic rings. The van der Waals surface area contributed by atoms with Crippen molar-refractivity contribution in [1.29, 1.82) is 5.41 Å². The van der Waals surface area contributed by atoms with Crippen molar-refractivity contribution in [3.8, 4) is 22.3 Å². The Morgan fingerprint density at radius 2 is 1.19 bits per heavy atom. The highest BCUT2D eigenvalue weighted by Gasteiger charge is 2.21. The predicted octanol–water partition coefficient (Wildman–Crippen LogP) is 12.1. The van der Waals surface area contributed by atoms with Crippen LogP contribution in [0.1, 0.15) is 56.1 Å². The molecule has 1 fully saturated rings. The van der Waals surface area contributed by atoms with Crippen molar-refractivity contribution in [3.63, 3.8) is 0 Å². The van der Waals surface area contributed by atoms with Crippen LogP contribution in [0.25, 0.3) is 60.1 Å². The van der Waals surface area contributed by atoms with Gasteiger partial charge in [-0.05, 0) is 91.4 Å². The summed E-state index contributed by atoms with van der Waals surface area (Å²) in [4.78, 5) is 0. The van der Waals surface area contributed by atoms with Gasteiger partial charge in [0.2, 0.25) is 0 Å². The number of allylic oxidation sites excluding steroid dienone is 3. The molecule has 0 radical (unpaired) electrons. The van der Waals surface area contributed by atoms with Gasteiger partial charge in [-0.25, -0.2) is 0 Å². The van der Waals surface area contributed by atoms with Crippen LogP contribution >= 0.6 is 0 Å². The maximum Gasteiger partial charge on any atom is 0.0361 e. The zero-order valence-electron chi connectivity index (χ0n) is 24.9. The standard InChI is InChI=1S/C42H37N/c1-3-13-32(28(2)43)30-24-26-31(27-25-30)41-37-16-7-9-18-39(37)42(40-19-10-8-17-38(40)41)36-23-12-21-34-33(20-11-22-35(34)36)29-14-5-4-6-15-29/h3,7-13,16-27,29,43H,1,4-6,14-15H2,2H3/b32-13+,43-28?. The van der Waals surface area contributed by atoms with Crippen LogP contribution < -0.4 is 0 Å². The number of nitrogens with one attached hydrogen (secondary N) is 1. The van der Waals surface area contributed by atoms with Gasteiger partial charge in [0, 0.05) is 11.3 Å².